The van der Waals surface area contributed by atoms with Gasteiger partial charge in [0.2, 0.25) is 0 Å². The van der Waals surface area contributed by atoms with Crippen LogP contribution in [-0.4, -0.2) is 56.8 Å². The Morgan fingerprint density at radius 2 is 1.89 bits per heavy atom. The van der Waals surface area contributed by atoms with Crippen molar-refractivity contribution >= 4 is 17.4 Å². The van der Waals surface area contributed by atoms with Crippen LogP contribution in [0.15, 0.2) is 46.2 Å². The lowest BCUT2D eigenvalue weighted by Gasteiger charge is -2.37. The van der Waals surface area contributed by atoms with Gasteiger partial charge in [0.1, 0.15) is 22.7 Å². The summed E-state index contributed by atoms with van der Waals surface area (Å²) in [6, 6.07) is 5.40. The molecule has 11 nitrogen and oxygen atoms in total. The molecule has 0 spiro atoms. The van der Waals surface area contributed by atoms with Crippen LogP contribution in [0.25, 0.3) is 0 Å². The molecule has 12 heteroatoms. The zero-order valence-electron chi connectivity index (χ0n) is 25.9. The summed E-state index contributed by atoms with van der Waals surface area (Å²) in [5, 5.41) is 2.59. The number of pyridine rings is 1. The van der Waals surface area contributed by atoms with Gasteiger partial charge >= 0.3 is 5.69 Å². The largest absolute Gasteiger partial charge is 0.453 e. The highest BCUT2D eigenvalue weighted by Crippen LogP contribution is 2.31. The fraction of sp³-hybridized carbons (Fsp3) is 0.455. The molecule has 0 unspecified atom stereocenters. The maximum Gasteiger partial charge on any atom is 0.331 e. The van der Waals surface area contributed by atoms with E-state index in [1.54, 1.807) is 13.0 Å². The van der Waals surface area contributed by atoms with E-state index in [-0.39, 0.29) is 41.2 Å². The Bertz CT molecular complexity index is 1740. The molecular formula is C33H39FN6O5. The quantitative estimate of drug-likeness (QED) is 0.377. The summed E-state index contributed by atoms with van der Waals surface area (Å²) in [5.41, 5.74) is 4.81. The van der Waals surface area contributed by atoms with E-state index in [1.165, 1.54) is 29.1 Å². The number of rotatable bonds is 7. The summed E-state index contributed by atoms with van der Waals surface area (Å²) in [7, 11) is 0. The molecule has 3 heterocycles. The fourth-order valence-electron chi connectivity index (χ4n) is 5.74. The Labute approximate surface area is 261 Å². The minimum atomic E-state index is -0.756. The lowest BCUT2D eigenvalue weighted by Crippen LogP contribution is -2.49. The molecule has 3 N–H and O–H groups in total. The second kappa shape index (κ2) is 13.7. The van der Waals surface area contributed by atoms with E-state index >= 15 is 4.39 Å². The SMILES string of the molecule is CCn1c(=O)c(C(=O)Nc2ccc(Oc3ccnc(N)c3C#CC(C)(C)N3CCOCC3)c(F)c2)cn(C2CCCCC2)c1=O. The molecule has 2 fully saturated rings. The third-order valence-corrected chi connectivity index (χ3v) is 8.37. The number of nitrogens with two attached hydrogens (primary N) is 1. The van der Waals surface area contributed by atoms with Crippen molar-refractivity contribution < 1.29 is 18.7 Å². The highest BCUT2D eigenvalue weighted by atomic mass is 19.1. The normalized spacial score (nSPS) is 16.1. The number of amides is 1. The number of morpholine rings is 1. The number of hydrogen-bond donors (Lipinski definition) is 2. The first kappa shape index (κ1) is 31.9. The average Bonchev–Trinajstić information content (AvgIpc) is 3.03. The van der Waals surface area contributed by atoms with Gasteiger partial charge in [0.15, 0.2) is 11.6 Å². The number of anilines is 2. The summed E-state index contributed by atoms with van der Waals surface area (Å²) < 4.78 is 29.2. The van der Waals surface area contributed by atoms with Gasteiger partial charge in [-0.15, -0.1) is 0 Å². The Balaban J connectivity index is 1.36. The van der Waals surface area contributed by atoms with Gasteiger partial charge in [-0.1, -0.05) is 31.1 Å². The third-order valence-electron chi connectivity index (χ3n) is 8.37. The van der Waals surface area contributed by atoms with Gasteiger partial charge < -0.3 is 20.5 Å². The van der Waals surface area contributed by atoms with E-state index in [4.69, 9.17) is 15.2 Å². The zero-order valence-corrected chi connectivity index (χ0v) is 25.9. The number of ether oxygens (including phenoxy) is 2. The van der Waals surface area contributed by atoms with E-state index in [9.17, 15) is 14.4 Å². The van der Waals surface area contributed by atoms with Crippen LogP contribution < -0.4 is 27.0 Å². The summed E-state index contributed by atoms with van der Waals surface area (Å²) in [6.07, 6.45) is 7.44. The van der Waals surface area contributed by atoms with Crippen molar-refractivity contribution in [2.75, 3.05) is 37.4 Å². The molecule has 45 heavy (non-hydrogen) atoms. The molecule has 1 aliphatic carbocycles. The van der Waals surface area contributed by atoms with E-state index in [0.29, 0.717) is 18.8 Å². The third kappa shape index (κ3) is 7.10. The molecule has 0 bridgehead atoms. The second-order valence-electron chi connectivity index (χ2n) is 11.8. The van der Waals surface area contributed by atoms with Crippen LogP contribution in [0.2, 0.25) is 0 Å². The van der Waals surface area contributed by atoms with Crippen LogP contribution in [0.1, 0.15) is 74.8 Å². The number of nitrogens with zero attached hydrogens (tertiary/aromatic N) is 4. The molecule has 2 aromatic heterocycles. The Kier molecular flexibility index (Phi) is 9.70. The summed E-state index contributed by atoms with van der Waals surface area (Å²) in [4.78, 5) is 45.6. The van der Waals surface area contributed by atoms with Crippen molar-refractivity contribution in [3.63, 3.8) is 0 Å². The molecule has 238 valence electrons. The van der Waals surface area contributed by atoms with Gasteiger partial charge in [-0.2, -0.15) is 0 Å². The zero-order chi connectivity index (χ0) is 32.1. The highest BCUT2D eigenvalue weighted by Gasteiger charge is 2.27. The van der Waals surface area contributed by atoms with E-state index in [1.807, 2.05) is 13.8 Å². The monoisotopic (exact) mass is 618 g/mol. The van der Waals surface area contributed by atoms with Gasteiger partial charge in [-0.25, -0.2) is 14.2 Å². The number of halogens is 1. The van der Waals surface area contributed by atoms with Crippen molar-refractivity contribution in [1.29, 1.82) is 0 Å². The van der Waals surface area contributed by atoms with Crippen molar-refractivity contribution in [1.82, 2.24) is 19.0 Å². The minimum Gasteiger partial charge on any atom is -0.453 e. The fourth-order valence-corrected chi connectivity index (χ4v) is 5.74. The molecule has 1 aromatic carbocycles. The number of benzene rings is 1. The predicted molar refractivity (Wildman–Crippen MR) is 169 cm³/mol. The van der Waals surface area contributed by atoms with Gasteiger partial charge in [0.25, 0.3) is 11.5 Å². The minimum absolute atomic E-state index is 0.0766. The number of carbonyl (C=O) groups excluding carboxylic acids is 1. The maximum absolute atomic E-state index is 15.3. The number of aromatic nitrogens is 3. The molecule has 1 amide bonds. The van der Waals surface area contributed by atoms with Crippen LogP contribution in [0.3, 0.4) is 0 Å². The Morgan fingerprint density at radius 1 is 1.16 bits per heavy atom. The van der Waals surface area contributed by atoms with Gasteiger partial charge in [-0.3, -0.25) is 23.6 Å². The number of carbonyl (C=O) groups is 1. The number of nitrogen functional groups attached to an aromatic ring is 1. The first-order valence-electron chi connectivity index (χ1n) is 15.3. The molecule has 5 rings (SSSR count). The molecular weight excluding hydrogens is 579 g/mol. The van der Waals surface area contributed by atoms with Gasteiger partial charge in [-0.05, 0) is 45.7 Å². The maximum atomic E-state index is 15.3. The first-order chi connectivity index (χ1) is 21.6. The topological polar surface area (TPSA) is 134 Å². The van der Waals surface area contributed by atoms with Crippen LogP contribution in [0.5, 0.6) is 11.5 Å². The number of nitrogens with one attached hydrogen (secondary N) is 1. The first-order valence-corrected chi connectivity index (χ1v) is 15.3. The van der Waals surface area contributed by atoms with Crippen LogP contribution >= 0.6 is 0 Å². The standard InChI is InChI=1S/C33H39FN6O5/c1-4-39-31(42)25(21-40(32(39)43)23-8-6-5-7-9-23)30(41)37-22-10-11-28(26(34)20-22)45-27-13-15-36-29(35)24(27)12-14-33(2,3)38-16-18-44-19-17-38/h10-11,13,15,20-21,23H,4-9,16-19H2,1-3H3,(H2,35,36)(H,37,41). The average molecular weight is 619 g/mol. The van der Waals surface area contributed by atoms with Crippen molar-refractivity contribution in [2.24, 2.45) is 0 Å². The second-order valence-corrected chi connectivity index (χ2v) is 11.8. The molecule has 1 aliphatic heterocycles. The van der Waals surface area contributed by atoms with Gasteiger partial charge in [0, 0.05) is 55.9 Å². The Hall–Kier alpha value is -4.47. The predicted octanol–water partition coefficient (Wildman–Crippen LogP) is 4.16. The molecule has 3 aromatic rings. The lowest BCUT2D eigenvalue weighted by atomic mass is 9.95. The van der Waals surface area contributed by atoms with Crippen molar-refractivity contribution in [2.45, 2.75) is 71.0 Å². The molecule has 0 radical (unpaired) electrons. The molecule has 0 atom stereocenters. The summed E-state index contributed by atoms with van der Waals surface area (Å²) in [6.45, 7) is 8.59. The van der Waals surface area contributed by atoms with Crippen LogP contribution in [-0.2, 0) is 11.3 Å². The smallest absolute Gasteiger partial charge is 0.331 e. The molecule has 1 saturated carbocycles. The van der Waals surface area contributed by atoms with E-state index in [2.05, 4.69) is 27.0 Å². The Morgan fingerprint density at radius 3 is 2.58 bits per heavy atom. The summed E-state index contributed by atoms with van der Waals surface area (Å²) in [5.74, 6) is 5.10. The summed E-state index contributed by atoms with van der Waals surface area (Å²) >= 11 is 0. The van der Waals surface area contributed by atoms with E-state index in [0.717, 1.165) is 55.8 Å². The highest BCUT2D eigenvalue weighted by molar-refractivity contribution is 6.03. The van der Waals surface area contributed by atoms with E-state index < -0.39 is 28.5 Å². The molecule has 1 saturated heterocycles. The van der Waals surface area contributed by atoms with Crippen molar-refractivity contribution in [3.05, 3.63) is 74.4 Å². The lowest BCUT2D eigenvalue weighted by molar-refractivity contribution is 0.00739. The van der Waals surface area contributed by atoms with Crippen LogP contribution in [0.4, 0.5) is 15.9 Å². The van der Waals surface area contributed by atoms with Gasteiger partial charge in [0.05, 0.1) is 18.8 Å². The van der Waals surface area contributed by atoms with Crippen LogP contribution in [0, 0.1) is 17.7 Å². The molecule has 2 aliphatic rings. The van der Waals surface area contributed by atoms with Crippen molar-refractivity contribution in [3.8, 4) is 23.3 Å². The number of hydrogen-bond acceptors (Lipinski definition) is 8.